The third-order valence-corrected chi connectivity index (χ3v) is 6.25. The predicted molar refractivity (Wildman–Crippen MR) is 102 cm³/mol. The molecule has 0 aromatic heterocycles. The lowest BCUT2D eigenvalue weighted by atomic mass is 9.72. The highest BCUT2D eigenvalue weighted by Crippen LogP contribution is 2.44. The fourth-order valence-electron chi connectivity index (χ4n) is 4.44. The Labute approximate surface area is 155 Å². The molecule has 0 unspecified atom stereocenters. The Balaban J connectivity index is 1.57. The SMILES string of the molecule is C[C@H]1C[C@H]1C(=O)N1CCC(C(O)(c2ccccc2)c2ccccc2)CC1. The van der Waals surface area contributed by atoms with Gasteiger partial charge in [-0.05, 0) is 42.2 Å². The van der Waals surface area contributed by atoms with Crippen molar-refractivity contribution in [1.82, 2.24) is 4.90 Å². The topological polar surface area (TPSA) is 40.5 Å². The number of hydrogen-bond acceptors (Lipinski definition) is 2. The number of piperidine rings is 1. The molecule has 0 spiro atoms. The first-order valence-corrected chi connectivity index (χ1v) is 9.73. The lowest BCUT2D eigenvalue weighted by Gasteiger charge is -2.42. The lowest BCUT2D eigenvalue weighted by Crippen LogP contribution is -2.46. The summed E-state index contributed by atoms with van der Waals surface area (Å²) in [5.74, 6) is 1.21. The minimum atomic E-state index is -1.01. The van der Waals surface area contributed by atoms with Gasteiger partial charge in [0.05, 0.1) is 0 Å². The monoisotopic (exact) mass is 349 g/mol. The number of rotatable bonds is 4. The van der Waals surface area contributed by atoms with Crippen LogP contribution in [0.2, 0.25) is 0 Å². The summed E-state index contributed by atoms with van der Waals surface area (Å²) in [5, 5.41) is 11.9. The van der Waals surface area contributed by atoms with E-state index < -0.39 is 5.60 Å². The Bertz CT molecular complexity index is 711. The van der Waals surface area contributed by atoms with Crippen molar-refractivity contribution in [2.45, 2.75) is 31.8 Å². The third-order valence-electron chi connectivity index (χ3n) is 6.25. The van der Waals surface area contributed by atoms with Gasteiger partial charge in [-0.15, -0.1) is 0 Å². The quantitative estimate of drug-likeness (QED) is 0.912. The van der Waals surface area contributed by atoms with E-state index >= 15 is 0 Å². The maximum absolute atomic E-state index is 12.5. The van der Waals surface area contributed by atoms with Crippen molar-refractivity contribution >= 4 is 5.91 Å². The molecular weight excluding hydrogens is 322 g/mol. The van der Waals surface area contributed by atoms with Gasteiger partial charge in [-0.25, -0.2) is 0 Å². The van der Waals surface area contributed by atoms with Crippen molar-refractivity contribution in [3.05, 3.63) is 71.8 Å². The van der Waals surface area contributed by atoms with Crippen LogP contribution in [0.25, 0.3) is 0 Å². The summed E-state index contributed by atoms with van der Waals surface area (Å²) >= 11 is 0. The van der Waals surface area contributed by atoms with E-state index in [1.165, 1.54) is 0 Å². The van der Waals surface area contributed by atoms with E-state index in [1.54, 1.807) is 0 Å². The lowest BCUT2D eigenvalue weighted by molar-refractivity contribution is -0.135. The fraction of sp³-hybridized carbons (Fsp3) is 0.435. The normalized spacial score (nSPS) is 23.7. The molecule has 2 atom stereocenters. The van der Waals surface area contributed by atoms with E-state index in [1.807, 2.05) is 65.6 Å². The van der Waals surface area contributed by atoms with Gasteiger partial charge in [0.2, 0.25) is 5.91 Å². The zero-order valence-electron chi connectivity index (χ0n) is 15.3. The van der Waals surface area contributed by atoms with Gasteiger partial charge in [-0.1, -0.05) is 67.6 Å². The number of carbonyl (C=O) groups is 1. The third kappa shape index (κ3) is 3.05. The predicted octanol–water partition coefficient (Wildman–Crippen LogP) is 3.82. The van der Waals surface area contributed by atoms with E-state index in [0.717, 1.165) is 43.5 Å². The second-order valence-corrected chi connectivity index (χ2v) is 7.92. The molecular formula is C23H27NO2. The highest BCUT2D eigenvalue weighted by Gasteiger charge is 2.45. The van der Waals surface area contributed by atoms with E-state index in [9.17, 15) is 9.90 Å². The molecule has 3 nitrogen and oxygen atoms in total. The van der Waals surface area contributed by atoms with Crippen LogP contribution in [-0.2, 0) is 10.4 Å². The summed E-state index contributed by atoms with van der Waals surface area (Å²) < 4.78 is 0. The van der Waals surface area contributed by atoms with Gasteiger partial charge < -0.3 is 10.0 Å². The van der Waals surface area contributed by atoms with Crippen LogP contribution in [0.15, 0.2) is 60.7 Å². The van der Waals surface area contributed by atoms with Gasteiger partial charge in [0.25, 0.3) is 0 Å². The minimum absolute atomic E-state index is 0.105. The van der Waals surface area contributed by atoms with Crippen molar-refractivity contribution in [3.8, 4) is 0 Å². The van der Waals surface area contributed by atoms with Crippen LogP contribution in [0.3, 0.4) is 0 Å². The minimum Gasteiger partial charge on any atom is -0.380 e. The highest BCUT2D eigenvalue weighted by atomic mass is 16.3. The fourth-order valence-corrected chi connectivity index (χ4v) is 4.44. The number of hydrogen-bond donors (Lipinski definition) is 1. The summed E-state index contributed by atoms with van der Waals surface area (Å²) in [4.78, 5) is 14.5. The van der Waals surface area contributed by atoms with Crippen LogP contribution >= 0.6 is 0 Å². The summed E-state index contributed by atoms with van der Waals surface area (Å²) in [6.07, 6.45) is 2.69. The molecule has 2 fully saturated rings. The number of nitrogens with zero attached hydrogens (tertiary/aromatic N) is 1. The van der Waals surface area contributed by atoms with Crippen LogP contribution in [0, 0.1) is 17.8 Å². The average Bonchev–Trinajstić information content (AvgIpc) is 3.45. The smallest absolute Gasteiger partial charge is 0.225 e. The summed E-state index contributed by atoms with van der Waals surface area (Å²) in [6.45, 7) is 3.64. The summed E-state index contributed by atoms with van der Waals surface area (Å²) in [7, 11) is 0. The molecule has 1 saturated carbocycles. The molecule has 2 aliphatic rings. The van der Waals surface area contributed by atoms with Gasteiger partial charge in [-0.3, -0.25) is 4.79 Å². The van der Waals surface area contributed by atoms with E-state index in [0.29, 0.717) is 11.8 Å². The van der Waals surface area contributed by atoms with Gasteiger partial charge >= 0.3 is 0 Å². The molecule has 3 heteroatoms. The molecule has 1 aliphatic carbocycles. The second kappa shape index (κ2) is 6.88. The number of likely N-dealkylation sites (tertiary alicyclic amines) is 1. The molecule has 0 bridgehead atoms. The molecule has 1 aliphatic heterocycles. The van der Waals surface area contributed by atoms with Crippen LogP contribution in [0.4, 0.5) is 0 Å². The van der Waals surface area contributed by atoms with Crippen molar-refractivity contribution in [2.75, 3.05) is 13.1 Å². The van der Waals surface area contributed by atoms with E-state index in [2.05, 4.69) is 6.92 Å². The second-order valence-electron chi connectivity index (χ2n) is 7.92. The average molecular weight is 349 g/mol. The maximum atomic E-state index is 12.5. The molecule has 0 radical (unpaired) electrons. The molecule has 1 amide bonds. The zero-order valence-corrected chi connectivity index (χ0v) is 15.3. The molecule has 2 aromatic rings. The number of amides is 1. The van der Waals surface area contributed by atoms with E-state index in [-0.39, 0.29) is 11.8 Å². The molecule has 1 heterocycles. The zero-order chi connectivity index (χ0) is 18.1. The standard InChI is InChI=1S/C23H27NO2/c1-17-16-21(17)22(25)24-14-12-20(13-15-24)23(26,18-8-4-2-5-9-18)19-10-6-3-7-11-19/h2-11,17,20-21,26H,12-16H2,1H3/t17-,21+/m0/s1. The van der Waals surface area contributed by atoms with Crippen molar-refractivity contribution < 1.29 is 9.90 Å². The summed E-state index contributed by atoms with van der Waals surface area (Å²) in [5.41, 5.74) is 0.864. The van der Waals surface area contributed by atoms with Gasteiger partial charge in [-0.2, -0.15) is 0 Å². The Morgan fingerprint density at radius 3 is 1.85 bits per heavy atom. The van der Waals surface area contributed by atoms with Crippen molar-refractivity contribution in [3.63, 3.8) is 0 Å². The Kier molecular flexibility index (Phi) is 4.58. The molecule has 1 N–H and O–H groups in total. The first-order valence-electron chi connectivity index (χ1n) is 9.73. The summed E-state index contributed by atoms with van der Waals surface area (Å²) in [6, 6.07) is 19.9. The number of benzene rings is 2. The van der Waals surface area contributed by atoms with Gasteiger partial charge in [0.1, 0.15) is 5.60 Å². The van der Waals surface area contributed by atoms with E-state index in [4.69, 9.17) is 0 Å². The Morgan fingerprint density at radius 1 is 0.962 bits per heavy atom. The maximum Gasteiger partial charge on any atom is 0.225 e. The molecule has 26 heavy (non-hydrogen) atoms. The first kappa shape index (κ1) is 17.3. The van der Waals surface area contributed by atoms with Crippen LogP contribution in [0.1, 0.15) is 37.3 Å². The molecule has 2 aromatic carbocycles. The van der Waals surface area contributed by atoms with Crippen LogP contribution in [0.5, 0.6) is 0 Å². The van der Waals surface area contributed by atoms with Gasteiger partial charge in [0, 0.05) is 19.0 Å². The molecule has 1 saturated heterocycles. The van der Waals surface area contributed by atoms with Crippen LogP contribution < -0.4 is 0 Å². The first-order chi connectivity index (χ1) is 12.6. The number of carbonyl (C=O) groups excluding carboxylic acids is 1. The molecule has 4 rings (SSSR count). The largest absolute Gasteiger partial charge is 0.380 e. The molecule has 136 valence electrons. The number of aliphatic hydroxyl groups is 1. The Hall–Kier alpha value is -2.13. The van der Waals surface area contributed by atoms with Crippen LogP contribution in [-0.4, -0.2) is 29.0 Å². The Morgan fingerprint density at radius 2 is 1.42 bits per heavy atom. The van der Waals surface area contributed by atoms with Crippen molar-refractivity contribution in [1.29, 1.82) is 0 Å². The highest BCUT2D eigenvalue weighted by molar-refractivity contribution is 5.81. The van der Waals surface area contributed by atoms with Gasteiger partial charge in [0.15, 0.2) is 0 Å². The van der Waals surface area contributed by atoms with Crippen molar-refractivity contribution in [2.24, 2.45) is 17.8 Å².